The molecule has 0 amide bonds. The van der Waals surface area contributed by atoms with E-state index in [-0.39, 0.29) is 99.9 Å². The zero-order valence-corrected chi connectivity index (χ0v) is 24.1. The Kier molecular flexibility index (Phi) is 30.8. The fraction of sp³-hybridized carbons (Fsp3) is 0.333. The zero-order chi connectivity index (χ0) is 32.6. The molecule has 0 aliphatic rings. The van der Waals surface area contributed by atoms with Gasteiger partial charge in [0.15, 0.2) is 0 Å². The summed E-state index contributed by atoms with van der Waals surface area (Å²) in [6.45, 7) is 12.4. The van der Waals surface area contributed by atoms with Gasteiger partial charge in [0, 0.05) is 25.7 Å². The van der Waals surface area contributed by atoms with Gasteiger partial charge in [-0.1, -0.05) is 26.3 Å². The van der Waals surface area contributed by atoms with Crippen LogP contribution in [0.4, 0.5) is 0 Å². The average molecular weight is 664 g/mol. The second-order valence-electron chi connectivity index (χ2n) is 7.14. The number of carbonyl (C=O) groups is 8. The molecule has 4 N–H and O–H groups in total. The first kappa shape index (κ1) is 46.5. The number of rotatable bonds is 16. The first-order valence-electron chi connectivity index (χ1n) is 10.6. The average Bonchev–Trinajstić information content (AvgIpc) is 2.83. The van der Waals surface area contributed by atoms with E-state index in [2.05, 4.69) is 26.3 Å². The van der Waals surface area contributed by atoms with E-state index in [9.17, 15) is 58.8 Å². The summed E-state index contributed by atoms with van der Waals surface area (Å²) in [5.41, 5.74) is -0.713. The summed E-state index contributed by atoms with van der Waals surface area (Å²) < 4.78 is 0. The van der Waals surface area contributed by atoms with Crippen LogP contribution in [0.25, 0.3) is 0 Å². The van der Waals surface area contributed by atoms with Crippen LogP contribution in [0.3, 0.4) is 0 Å². The summed E-state index contributed by atoms with van der Waals surface area (Å²) in [6.07, 6.45) is -1.09. The molecule has 0 radical (unpaired) electrons. The van der Waals surface area contributed by atoms with Crippen molar-refractivity contribution in [3.05, 3.63) is 48.6 Å². The molecule has 224 valence electrons. The van der Waals surface area contributed by atoms with Crippen LogP contribution < -0.4 is 20.4 Å². The van der Waals surface area contributed by atoms with Gasteiger partial charge in [0.25, 0.3) is 0 Å². The molecule has 0 atom stereocenters. The van der Waals surface area contributed by atoms with Gasteiger partial charge in [0.05, 0.1) is 23.9 Å². The summed E-state index contributed by atoms with van der Waals surface area (Å²) >= 11 is 0. The van der Waals surface area contributed by atoms with Gasteiger partial charge < -0.3 is 60.0 Å². The molecule has 0 aromatic carbocycles. The van der Waals surface area contributed by atoms with Crippen molar-refractivity contribution in [2.24, 2.45) is 0 Å². The molecule has 0 rings (SSSR count). The Labute approximate surface area is 252 Å². The van der Waals surface area contributed by atoms with Gasteiger partial charge in [-0.05, 0) is 48.0 Å². The van der Waals surface area contributed by atoms with E-state index in [1.54, 1.807) is 0 Å². The van der Waals surface area contributed by atoms with Crippen LogP contribution in [0.5, 0.6) is 0 Å². The van der Waals surface area contributed by atoms with Crippen LogP contribution in [0.15, 0.2) is 48.6 Å². The molecule has 0 spiro atoms. The van der Waals surface area contributed by atoms with Crippen LogP contribution >= 0.6 is 0 Å². The summed E-state index contributed by atoms with van der Waals surface area (Å²) in [7, 11) is 0. The third kappa shape index (κ3) is 40.3. The number of carboxylic acids is 8. The summed E-state index contributed by atoms with van der Waals surface area (Å²) in [5, 5.41) is 72.0. The summed E-state index contributed by atoms with van der Waals surface area (Å²) in [6, 6.07) is 0. The van der Waals surface area contributed by atoms with Crippen molar-refractivity contribution in [3.63, 3.8) is 0 Å². The van der Waals surface area contributed by atoms with Gasteiger partial charge in [-0.3, -0.25) is 19.2 Å². The third-order valence-corrected chi connectivity index (χ3v) is 3.72. The van der Waals surface area contributed by atoms with Crippen molar-refractivity contribution in [2.75, 3.05) is 0 Å². The first-order valence-corrected chi connectivity index (χ1v) is 10.6. The maximum Gasteiger partial charge on any atom is 4.00 e. The Morgan fingerprint density at radius 2 is 0.488 bits per heavy atom. The number of carboxylic acid groups (broad SMARTS) is 8. The molecule has 0 saturated heterocycles. The quantitative estimate of drug-likeness (QED) is 0.117. The minimum atomic E-state index is -1.39. The number of carbonyl (C=O) groups excluding carboxylic acids is 4. The fourth-order valence-corrected chi connectivity index (χ4v) is 1.44. The molecule has 16 nitrogen and oxygen atoms in total. The topological polar surface area (TPSA) is 310 Å². The van der Waals surface area contributed by atoms with Crippen molar-refractivity contribution in [3.8, 4) is 0 Å². The van der Waals surface area contributed by atoms with Crippen LogP contribution in [0.1, 0.15) is 51.4 Å². The molecule has 0 bridgehead atoms. The van der Waals surface area contributed by atoms with Gasteiger partial charge in [-0.25, -0.2) is 0 Å². The number of hydrogen-bond donors (Lipinski definition) is 4. The van der Waals surface area contributed by atoms with E-state index in [0.29, 0.717) is 0 Å². The van der Waals surface area contributed by atoms with Crippen molar-refractivity contribution in [2.45, 2.75) is 51.4 Å². The molecular formula is C24H28O16Zr. The predicted molar refractivity (Wildman–Crippen MR) is 124 cm³/mol. The van der Waals surface area contributed by atoms with E-state index in [4.69, 9.17) is 20.4 Å². The normalized spacial score (nSPS) is 8.59. The fourth-order valence-electron chi connectivity index (χ4n) is 1.44. The third-order valence-electron chi connectivity index (χ3n) is 3.72. The Balaban J connectivity index is -0.000000139. The van der Waals surface area contributed by atoms with E-state index < -0.39 is 47.8 Å². The second kappa shape index (κ2) is 27.2. The maximum absolute atomic E-state index is 9.91. The molecule has 0 aliphatic heterocycles. The monoisotopic (exact) mass is 662 g/mol. The standard InChI is InChI=1S/4C6H8O4.Zr/c4*1-4(6(9)10)2-3-5(7)8;/h4*1-3H2,(H,7,8)(H,9,10);/q;;;;+4/p-4. The molecule has 0 unspecified atom stereocenters. The Bertz CT molecular complexity index is 849. The van der Waals surface area contributed by atoms with Crippen LogP contribution in [0.2, 0.25) is 0 Å². The number of hydrogen-bond acceptors (Lipinski definition) is 12. The van der Waals surface area contributed by atoms with Gasteiger partial charge in [-0.2, -0.15) is 0 Å². The minimum absolute atomic E-state index is 0. The van der Waals surface area contributed by atoms with Crippen molar-refractivity contribution in [1.82, 2.24) is 0 Å². The molecule has 0 saturated carbocycles. The van der Waals surface area contributed by atoms with Crippen molar-refractivity contribution < 1.29 is 105 Å². The van der Waals surface area contributed by atoms with E-state index in [1.165, 1.54) is 0 Å². The first-order chi connectivity index (χ1) is 18.1. The summed E-state index contributed by atoms with van der Waals surface area (Å²) in [5.74, 6) is -9.71. The van der Waals surface area contributed by atoms with Crippen LogP contribution in [-0.4, -0.2) is 68.2 Å². The van der Waals surface area contributed by atoms with Gasteiger partial charge >= 0.3 is 50.1 Å². The molecule has 17 heteroatoms. The minimum Gasteiger partial charge on any atom is -0.545 e. The smallest absolute Gasteiger partial charge is 0.545 e. The molecule has 0 aromatic rings. The Hall–Kier alpha value is -4.40. The van der Waals surface area contributed by atoms with Gasteiger partial charge in [0.2, 0.25) is 0 Å². The molecule has 41 heavy (non-hydrogen) atoms. The zero-order valence-electron chi connectivity index (χ0n) is 21.7. The molecular weight excluding hydrogens is 635 g/mol. The summed E-state index contributed by atoms with van der Waals surface area (Å²) in [4.78, 5) is 79.1. The predicted octanol–water partition coefficient (Wildman–Crippen LogP) is -3.37. The SMILES string of the molecule is C=C(CCC(=O)O)C(=O)[O-].C=C(CCC(=O)O)C(=O)[O-].C=C(CCC(=O)O)C(=O)[O-].C=C(CCC(=O)O)C(=O)[O-].[Zr+4]. The van der Waals surface area contributed by atoms with Crippen molar-refractivity contribution in [1.29, 1.82) is 0 Å². The van der Waals surface area contributed by atoms with E-state index in [1.807, 2.05) is 0 Å². The largest absolute Gasteiger partial charge is 4.00 e. The van der Waals surface area contributed by atoms with Gasteiger partial charge in [-0.15, -0.1) is 0 Å². The van der Waals surface area contributed by atoms with Crippen molar-refractivity contribution >= 4 is 47.8 Å². The van der Waals surface area contributed by atoms with Crippen LogP contribution in [0, 0.1) is 0 Å². The van der Waals surface area contributed by atoms with E-state index in [0.717, 1.165) is 0 Å². The van der Waals surface area contributed by atoms with E-state index >= 15 is 0 Å². The van der Waals surface area contributed by atoms with Gasteiger partial charge in [0.1, 0.15) is 0 Å². The molecule has 0 aromatic heterocycles. The number of aliphatic carboxylic acids is 8. The molecule has 0 fully saturated rings. The molecule has 0 aliphatic carbocycles. The Morgan fingerprint density at radius 1 is 0.366 bits per heavy atom. The molecule has 0 heterocycles. The Morgan fingerprint density at radius 3 is 0.561 bits per heavy atom. The van der Waals surface area contributed by atoms with Crippen LogP contribution in [-0.2, 0) is 64.6 Å². The second-order valence-corrected chi connectivity index (χ2v) is 7.14. The maximum atomic E-state index is 9.91.